The van der Waals surface area contributed by atoms with Crippen molar-refractivity contribution in [1.82, 2.24) is 10.6 Å². The summed E-state index contributed by atoms with van der Waals surface area (Å²) in [5, 5.41) is 7.00. The second kappa shape index (κ2) is 7.21. The number of hydrogen-bond acceptors (Lipinski definition) is 5. The second-order valence-electron chi connectivity index (χ2n) is 4.84. The summed E-state index contributed by atoms with van der Waals surface area (Å²) in [5.74, 6) is -1.27. The van der Waals surface area contributed by atoms with E-state index in [0.29, 0.717) is 11.3 Å². The molecule has 1 aromatic heterocycles. The van der Waals surface area contributed by atoms with Gasteiger partial charge in [-0.15, -0.1) is 11.3 Å². The van der Waals surface area contributed by atoms with Crippen LogP contribution in [0.1, 0.15) is 36.9 Å². The van der Waals surface area contributed by atoms with Crippen LogP contribution in [0.4, 0.5) is 0 Å². The van der Waals surface area contributed by atoms with E-state index in [1.54, 1.807) is 38.3 Å². The minimum atomic E-state index is -1.10. The van der Waals surface area contributed by atoms with E-state index in [2.05, 4.69) is 15.4 Å². The number of thiophene rings is 1. The van der Waals surface area contributed by atoms with Crippen molar-refractivity contribution in [1.29, 1.82) is 0 Å². The maximum atomic E-state index is 12.1. The zero-order valence-electron chi connectivity index (χ0n) is 12.6. The Labute approximate surface area is 127 Å². The molecule has 1 rings (SSSR count). The standard InChI is InChI=1S/C14H20N2O4S/c1-5-14(3,13(19)20-4)16-11(17)9(2)15-12(18)10-7-6-8-21-10/h6-9H,5H2,1-4H3,(H,15,18)(H,16,17)/t9-,14+/m1/s1. The smallest absolute Gasteiger partial charge is 0.331 e. The average Bonchev–Trinajstić information content (AvgIpc) is 3.00. The Bertz CT molecular complexity index is 515. The predicted octanol–water partition coefficient (Wildman–Crippen LogP) is 1.32. The van der Waals surface area contributed by atoms with Gasteiger partial charge >= 0.3 is 5.97 Å². The molecule has 116 valence electrons. The summed E-state index contributed by atoms with van der Waals surface area (Å²) in [6.07, 6.45) is 0.386. The molecular formula is C14H20N2O4S. The first-order valence-corrected chi connectivity index (χ1v) is 7.46. The Hall–Kier alpha value is -1.89. The quantitative estimate of drug-likeness (QED) is 0.776. The summed E-state index contributed by atoms with van der Waals surface area (Å²) in [7, 11) is 1.27. The van der Waals surface area contributed by atoms with Gasteiger partial charge in [-0.25, -0.2) is 4.79 Å². The number of rotatable bonds is 6. The molecule has 0 saturated carbocycles. The summed E-state index contributed by atoms with van der Waals surface area (Å²) >= 11 is 1.29. The van der Waals surface area contributed by atoms with Gasteiger partial charge in [0.05, 0.1) is 12.0 Å². The summed E-state index contributed by atoms with van der Waals surface area (Å²) in [4.78, 5) is 36.2. The van der Waals surface area contributed by atoms with Crippen LogP contribution in [0.15, 0.2) is 17.5 Å². The maximum Gasteiger partial charge on any atom is 0.331 e. The number of carbonyl (C=O) groups is 3. The predicted molar refractivity (Wildman–Crippen MR) is 80.1 cm³/mol. The van der Waals surface area contributed by atoms with Crippen molar-refractivity contribution in [2.75, 3.05) is 7.11 Å². The van der Waals surface area contributed by atoms with E-state index in [9.17, 15) is 14.4 Å². The van der Waals surface area contributed by atoms with Crippen LogP contribution in [-0.2, 0) is 14.3 Å². The Morgan fingerprint density at radius 1 is 1.43 bits per heavy atom. The molecule has 0 radical (unpaired) electrons. The molecule has 0 aliphatic heterocycles. The lowest BCUT2D eigenvalue weighted by atomic mass is 9.98. The number of nitrogens with one attached hydrogen (secondary N) is 2. The fraction of sp³-hybridized carbons (Fsp3) is 0.500. The van der Waals surface area contributed by atoms with Crippen LogP contribution < -0.4 is 10.6 Å². The normalized spacial score (nSPS) is 14.7. The Balaban J connectivity index is 2.66. The fourth-order valence-electron chi connectivity index (χ4n) is 1.63. The van der Waals surface area contributed by atoms with Gasteiger partial charge in [-0.05, 0) is 31.7 Å². The monoisotopic (exact) mass is 312 g/mol. The van der Waals surface area contributed by atoms with Crippen molar-refractivity contribution in [3.05, 3.63) is 22.4 Å². The van der Waals surface area contributed by atoms with Crippen LogP contribution >= 0.6 is 11.3 Å². The van der Waals surface area contributed by atoms with E-state index in [-0.39, 0.29) is 5.91 Å². The minimum Gasteiger partial charge on any atom is -0.467 e. The molecule has 0 unspecified atom stereocenters. The minimum absolute atomic E-state index is 0.316. The molecule has 0 aliphatic rings. The van der Waals surface area contributed by atoms with Crippen molar-refractivity contribution in [2.24, 2.45) is 0 Å². The summed E-state index contributed by atoms with van der Waals surface area (Å²) in [6, 6.07) is 2.68. The van der Waals surface area contributed by atoms with Gasteiger partial charge in [-0.3, -0.25) is 9.59 Å². The van der Waals surface area contributed by atoms with E-state index in [1.165, 1.54) is 18.4 Å². The number of carbonyl (C=O) groups excluding carboxylic acids is 3. The first-order chi connectivity index (χ1) is 9.84. The largest absolute Gasteiger partial charge is 0.467 e. The van der Waals surface area contributed by atoms with Crippen molar-refractivity contribution in [2.45, 2.75) is 38.8 Å². The molecule has 2 N–H and O–H groups in total. The van der Waals surface area contributed by atoms with Crippen LogP contribution in [-0.4, -0.2) is 36.5 Å². The lowest BCUT2D eigenvalue weighted by Crippen LogP contribution is -2.57. The lowest BCUT2D eigenvalue weighted by molar-refractivity contribution is -0.150. The van der Waals surface area contributed by atoms with Crippen molar-refractivity contribution < 1.29 is 19.1 Å². The Morgan fingerprint density at radius 2 is 2.10 bits per heavy atom. The van der Waals surface area contributed by atoms with Gasteiger partial charge in [-0.1, -0.05) is 13.0 Å². The Morgan fingerprint density at radius 3 is 2.57 bits per heavy atom. The SMILES string of the molecule is CC[C@](C)(NC(=O)[C@@H](C)NC(=O)c1cccs1)C(=O)OC. The van der Waals surface area contributed by atoms with Gasteiger partial charge < -0.3 is 15.4 Å². The van der Waals surface area contributed by atoms with Gasteiger partial charge in [0, 0.05) is 0 Å². The van der Waals surface area contributed by atoms with Gasteiger partial charge in [-0.2, -0.15) is 0 Å². The van der Waals surface area contributed by atoms with Crippen LogP contribution in [0.25, 0.3) is 0 Å². The number of amides is 2. The summed E-state index contributed by atoms with van der Waals surface area (Å²) in [5.41, 5.74) is -1.10. The molecule has 0 saturated heterocycles. The highest BCUT2D eigenvalue weighted by molar-refractivity contribution is 7.12. The maximum absolute atomic E-state index is 12.1. The molecule has 2 amide bonds. The third kappa shape index (κ3) is 4.29. The van der Waals surface area contributed by atoms with Gasteiger partial charge in [0.15, 0.2) is 0 Å². The first-order valence-electron chi connectivity index (χ1n) is 6.59. The molecule has 0 bridgehead atoms. The highest BCUT2D eigenvalue weighted by Gasteiger charge is 2.35. The lowest BCUT2D eigenvalue weighted by Gasteiger charge is -2.28. The molecule has 2 atom stereocenters. The van der Waals surface area contributed by atoms with E-state index in [4.69, 9.17) is 0 Å². The molecule has 0 spiro atoms. The third-order valence-corrected chi connectivity index (χ3v) is 4.10. The Kier molecular flexibility index (Phi) is 5.90. The second-order valence-corrected chi connectivity index (χ2v) is 5.79. The number of ether oxygens (including phenoxy) is 1. The highest BCUT2D eigenvalue weighted by Crippen LogP contribution is 2.12. The number of methoxy groups -OCH3 is 1. The molecule has 6 nitrogen and oxygen atoms in total. The third-order valence-electron chi connectivity index (χ3n) is 3.23. The van der Waals surface area contributed by atoms with Gasteiger partial charge in [0.2, 0.25) is 5.91 Å². The zero-order chi connectivity index (χ0) is 16.0. The zero-order valence-corrected chi connectivity index (χ0v) is 13.4. The molecule has 1 aromatic rings. The highest BCUT2D eigenvalue weighted by atomic mass is 32.1. The van der Waals surface area contributed by atoms with Crippen LogP contribution in [0.3, 0.4) is 0 Å². The van der Waals surface area contributed by atoms with E-state index < -0.39 is 23.5 Å². The molecule has 0 aromatic carbocycles. The number of hydrogen-bond donors (Lipinski definition) is 2. The summed E-state index contributed by atoms with van der Waals surface area (Å²) < 4.78 is 4.69. The molecule has 7 heteroatoms. The van der Waals surface area contributed by atoms with Crippen LogP contribution in [0, 0.1) is 0 Å². The molecular weight excluding hydrogens is 292 g/mol. The molecule has 21 heavy (non-hydrogen) atoms. The topological polar surface area (TPSA) is 84.5 Å². The first kappa shape index (κ1) is 17.2. The van der Waals surface area contributed by atoms with E-state index >= 15 is 0 Å². The van der Waals surface area contributed by atoms with Crippen molar-refractivity contribution in [3.8, 4) is 0 Å². The van der Waals surface area contributed by atoms with Crippen molar-refractivity contribution >= 4 is 29.1 Å². The summed E-state index contributed by atoms with van der Waals surface area (Å²) in [6.45, 7) is 4.92. The van der Waals surface area contributed by atoms with Gasteiger partial charge in [0.1, 0.15) is 11.6 Å². The van der Waals surface area contributed by atoms with E-state index in [1.807, 2.05) is 0 Å². The van der Waals surface area contributed by atoms with Crippen LogP contribution in [0.5, 0.6) is 0 Å². The van der Waals surface area contributed by atoms with E-state index in [0.717, 1.165) is 0 Å². The van der Waals surface area contributed by atoms with Gasteiger partial charge in [0.25, 0.3) is 5.91 Å². The average molecular weight is 312 g/mol. The van der Waals surface area contributed by atoms with Crippen LogP contribution in [0.2, 0.25) is 0 Å². The molecule has 1 heterocycles. The molecule has 0 fully saturated rings. The molecule has 0 aliphatic carbocycles. The number of esters is 1. The fourth-order valence-corrected chi connectivity index (χ4v) is 2.26. The van der Waals surface area contributed by atoms with Crippen molar-refractivity contribution in [3.63, 3.8) is 0 Å².